The van der Waals surface area contributed by atoms with Crippen molar-refractivity contribution >= 4 is 22.6 Å². The highest BCUT2D eigenvalue weighted by Crippen LogP contribution is 2.25. The molecule has 0 saturated carbocycles. The summed E-state index contributed by atoms with van der Waals surface area (Å²) in [5, 5.41) is 3.84. The number of amides is 1. The van der Waals surface area contributed by atoms with E-state index in [9.17, 15) is 9.59 Å². The summed E-state index contributed by atoms with van der Waals surface area (Å²) in [5.41, 5.74) is 2.60. The molecular formula is C20H20N2O2. The third-order valence-corrected chi connectivity index (χ3v) is 4.23. The first-order chi connectivity index (χ1) is 11.6. The first-order valence-electron chi connectivity index (χ1n) is 8.00. The van der Waals surface area contributed by atoms with Gasteiger partial charge in [-0.3, -0.25) is 9.59 Å². The van der Waals surface area contributed by atoms with Gasteiger partial charge in [0, 0.05) is 29.2 Å². The molecule has 0 unspecified atom stereocenters. The van der Waals surface area contributed by atoms with E-state index in [1.807, 2.05) is 66.1 Å². The Balaban J connectivity index is 1.84. The van der Waals surface area contributed by atoms with Gasteiger partial charge in [-0.05, 0) is 25.5 Å². The number of rotatable bonds is 5. The van der Waals surface area contributed by atoms with E-state index < -0.39 is 6.04 Å². The molecule has 0 spiro atoms. The van der Waals surface area contributed by atoms with E-state index in [1.165, 1.54) is 0 Å². The van der Waals surface area contributed by atoms with E-state index in [1.54, 1.807) is 13.1 Å². The lowest BCUT2D eigenvalue weighted by Crippen LogP contribution is -2.30. The Hall–Kier alpha value is -2.88. The summed E-state index contributed by atoms with van der Waals surface area (Å²) in [7, 11) is 0. The monoisotopic (exact) mass is 320 g/mol. The molecule has 4 nitrogen and oxygen atoms in total. The normalized spacial score (nSPS) is 12.1. The van der Waals surface area contributed by atoms with Crippen LogP contribution in [0.25, 0.3) is 10.9 Å². The van der Waals surface area contributed by atoms with E-state index in [-0.39, 0.29) is 11.7 Å². The summed E-state index contributed by atoms with van der Waals surface area (Å²) in [4.78, 5) is 24.4. The van der Waals surface area contributed by atoms with Crippen LogP contribution in [0.5, 0.6) is 0 Å². The molecule has 1 atom stereocenters. The van der Waals surface area contributed by atoms with Gasteiger partial charge in [-0.15, -0.1) is 0 Å². The van der Waals surface area contributed by atoms with Gasteiger partial charge in [-0.2, -0.15) is 0 Å². The number of fused-ring (bicyclic) bond motifs is 1. The third kappa shape index (κ3) is 3.08. The van der Waals surface area contributed by atoms with Gasteiger partial charge < -0.3 is 9.88 Å². The number of nitrogens with zero attached hydrogens (tertiary/aromatic N) is 1. The highest BCUT2D eigenvalue weighted by Gasteiger charge is 2.19. The molecule has 0 fully saturated rings. The van der Waals surface area contributed by atoms with Gasteiger partial charge in [-0.1, -0.05) is 48.5 Å². The second-order valence-electron chi connectivity index (χ2n) is 5.90. The molecule has 122 valence electrons. The zero-order valence-electron chi connectivity index (χ0n) is 13.8. The fourth-order valence-electron chi connectivity index (χ4n) is 2.86. The van der Waals surface area contributed by atoms with E-state index in [4.69, 9.17) is 0 Å². The van der Waals surface area contributed by atoms with Crippen LogP contribution >= 0.6 is 0 Å². The van der Waals surface area contributed by atoms with E-state index in [2.05, 4.69) is 5.32 Å². The maximum Gasteiger partial charge on any atom is 0.243 e. The summed E-state index contributed by atoms with van der Waals surface area (Å²) in [6, 6.07) is 17.1. The summed E-state index contributed by atoms with van der Waals surface area (Å²) < 4.78 is 1.87. The Morgan fingerprint density at radius 3 is 2.42 bits per heavy atom. The number of ketones is 1. The smallest absolute Gasteiger partial charge is 0.243 e. The SMILES string of the molecule is CC(=O)c1cn([C@@H](C)C(=O)NCc2ccccc2)c2ccccc12. The Bertz CT molecular complexity index is 881. The fourth-order valence-corrected chi connectivity index (χ4v) is 2.86. The number of Topliss-reactive ketones (excluding diaryl/α,β-unsaturated/α-hetero) is 1. The molecule has 0 aliphatic carbocycles. The number of benzene rings is 2. The molecule has 2 aromatic carbocycles. The Morgan fingerprint density at radius 1 is 1.04 bits per heavy atom. The van der Waals surface area contributed by atoms with Crippen LogP contribution in [-0.2, 0) is 11.3 Å². The number of para-hydroxylation sites is 1. The second kappa shape index (κ2) is 6.71. The average molecular weight is 320 g/mol. The maximum absolute atomic E-state index is 12.5. The van der Waals surface area contributed by atoms with Gasteiger partial charge in [0.05, 0.1) is 0 Å². The Labute approximate surface area is 141 Å². The van der Waals surface area contributed by atoms with Crippen molar-refractivity contribution in [2.75, 3.05) is 0 Å². The predicted molar refractivity (Wildman–Crippen MR) is 94.9 cm³/mol. The van der Waals surface area contributed by atoms with Gasteiger partial charge in [0.15, 0.2) is 5.78 Å². The first kappa shape index (κ1) is 16.0. The lowest BCUT2D eigenvalue weighted by molar-refractivity contribution is -0.123. The largest absolute Gasteiger partial charge is 0.350 e. The lowest BCUT2D eigenvalue weighted by Gasteiger charge is -2.15. The number of nitrogens with one attached hydrogen (secondary N) is 1. The standard InChI is InChI=1S/C20H20N2O2/c1-14(20(24)21-12-16-8-4-3-5-9-16)22-13-18(15(2)23)17-10-6-7-11-19(17)22/h3-11,13-14H,12H2,1-2H3,(H,21,24)/t14-/m0/s1. The second-order valence-corrected chi connectivity index (χ2v) is 5.90. The van der Waals surface area contributed by atoms with Gasteiger partial charge in [0.2, 0.25) is 5.91 Å². The minimum atomic E-state index is -0.397. The van der Waals surface area contributed by atoms with Crippen molar-refractivity contribution in [3.05, 3.63) is 71.9 Å². The van der Waals surface area contributed by atoms with Crippen molar-refractivity contribution in [3.63, 3.8) is 0 Å². The highest BCUT2D eigenvalue weighted by atomic mass is 16.2. The van der Waals surface area contributed by atoms with Gasteiger partial charge in [0.25, 0.3) is 0 Å². The molecule has 24 heavy (non-hydrogen) atoms. The van der Waals surface area contributed by atoms with Crippen LogP contribution in [0.3, 0.4) is 0 Å². The molecule has 0 bridgehead atoms. The van der Waals surface area contributed by atoms with Crippen LogP contribution in [0.1, 0.15) is 35.8 Å². The molecule has 0 aliphatic heterocycles. The Kier molecular flexibility index (Phi) is 4.47. The summed E-state index contributed by atoms with van der Waals surface area (Å²) in [5.74, 6) is -0.0726. The maximum atomic E-state index is 12.5. The van der Waals surface area contributed by atoms with Crippen LogP contribution in [0.2, 0.25) is 0 Å². The molecule has 3 aromatic rings. The van der Waals surface area contributed by atoms with Crippen LogP contribution in [-0.4, -0.2) is 16.3 Å². The van der Waals surface area contributed by atoms with E-state index in [0.29, 0.717) is 12.1 Å². The van der Waals surface area contributed by atoms with Crippen LogP contribution in [0, 0.1) is 0 Å². The molecule has 0 aliphatic rings. The van der Waals surface area contributed by atoms with Crippen molar-refractivity contribution in [2.24, 2.45) is 0 Å². The number of carbonyl (C=O) groups is 2. The lowest BCUT2D eigenvalue weighted by atomic mass is 10.1. The molecule has 1 N–H and O–H groups in total. The molecule has 1 aromatic heterocycles. The number of carbonyl (C=O) groups excluding carboxylic acids is 2. The molecule has 0 radical (unpaired) electrons. The van der Waals surface area contributed by atoms with Gasteiger partial charge in [-0.25, -0.2) is 0 Å². The molecule has 4 heteroatoms. The molecular weight excluding hydrogens is 300 g/mol. The fraction of sp³-hybridized carbons (Fsp3) is 0.200. The average Bonchev–Trinajstić information content (AvgIpc) is 3.00. The summed E-state index contributed by atoms with van der Waals surface area (Å²) in [6.07, 6.45) is 1.78. The highest BCUT2D eigenvalue weighted by molar-refractivity contribution is 6.07. The molecule has 0 saturated heterocycles. The zero-order chi connectivity index (χ0) is 17.1. The number of hydrogen-bond acceptors (Lipinski definition) is 2. The minimum Gasteiger partial charge on any atom is -0.350 e. The topological polar surface area (TPSA) is 51.1 Å². The van der Waals surface area contributed by atoms with Crippen LogP contribution in [0.4, 0.5) is 0 Å². The molecule has 1 heterocycles. The van der Waals surface area contributed by atoms with Crippen molar-refractivity contribution in [2.45, 2.75) is 26.4 Å². The predicted octanol–water partition coefficient (Wildman–Crippen LogP) is 3.72. The Morgan fingerprint density at radius 2 is 1.71 bits per heavy atom. The minimum absolute atomic E-state index is 0.00171. The third-order valence-electron chi connectivity index (χ3n) is 4.23. The number of hydrogen-bond donors (Lipinski definition) is 1. The number of aromatic nitrogens is 1. The quantitative estimate of drug-likeness (QED) is 0.728. The van der Waals surface area contributed by atoms with Crippen LogP contribution < -0.4 is 5.32 Å². The zero-order valence-corrected chi connectivity index (χ0v) is 13.8. The van der Waals surface area contributed by atoms with E-state index in [0.717, 1.165) is 16.5 Å². The first-order valence-corrected chi connectivity index (χ1v) is 8.00. The van der Waals surface area contributed by atoms with Gasteiger partial charge in [0.1, 0.15) is 6.04 Å². The van der Waals surface area contributed by atoms with Gasteiger partial charge >= 0.3 is 0 Å². The van der Waals surface area contributed by atoms with Crippen LogP contribution in [0.15, 0.2) is 60.8 Å². The molecule has 3 rings (SSSR count). The van der Waals surface area contributed by atoms with Crippen molar-refractivity contribution in [1.82, 2.24) is 9.88 Å². The van der Waals surface area contributed by atoms with Crippen molar-refractivity contribution in [3.8, 4) is 0 Å². The summed E-state index contributed by atoms with van der Waals surface area (Å²) in [6.45, 7) is 3.88. The van der Waals surface area contributed by atoms with Crippen molar-refractivity contribution in [1.29, 1.82) is 0 Å². The molecule has 1 amide bonds. The van der Waals surface area contributed by atoms with E-state index >= 15 is 0 Å². The van der Waals surface area contributed by atoms with Crippen molar-refractivity contribution < 1.29 is 9.59 Å². The summed E-state index contributed by atoms with van der Waals surface area (Å²) >= 11 is 0.